The molecule has 1 aromatic rings. The van der Waals surface area contributed by atoms with Gasteiger partial charge in [-0.3, -0.25) is 0 Å². The van der Waals surface area contributed by atoms with Gasteiger partial charge in [-0.15, -0.1) is 11.6 Å². The fourth-order valence-corrected chi connectivity index (χ4v) is 0.730. The van der Waals surface area contributed by atoms with Crippen molar-refractivity contribution in [2.75, 3.05) is 0 Å². The Bertz CT molecular complexity index is 198. The van der Waals surface area contributed by atoms with E-state index in [4.69, 9.17) is 11.6 Å². The third kappa shape index (κ3) is 1.68. The molecule has 1 radical (unpaired) electrons. The van der Waals surface area contributed by atoms with Crippen molar-refractivity contribution >= 4 is 11.6 Å². The van der Waals surface area contributed by atoms with Crippen LogP contribution < -0.4 is 0 Å². The van der Waals surface area contributed by atoms with Crippen LogP contribution in [0.25, 0.3) is 0 Å². The van der Waals surface area contributed by atoms with Gasteiger partial charge >= 0.3 is 0 Å². The van der Waals surface area contributed by atoms with Crippen LogP contribution in [0.4, 0.5) is 4.39 Å². The van der Waals surface area contributed by atoms with E-state index in [1.165, 1.54) is 12.1 Å². The normalized spacial score (nSPS) is 9.56. The lowest BCUT2D eigenvalue weighted by molar-refractivity contribution is 0.624. The van der Waals surface area contributed by atoms with Crippen LogP contribution in [0.15, 0.2) is 18.2 Å². The van der Waals surface area contributed by atoms with Gasteiger partial charge in [-0.1, -0.05) is 12.1 Å². The van der Waals surface area contributed by atoms with Crippen LogP contribution in [0.1, 0.15) is 5.56 Å². The van der Waals surface area contributed by atoms with Gasteiger partial charge in [0.1, 0.15) is 5.82 Å². The second-order valence-electron chi connectivity index (χ2n) is 1.68. The fourth-order valence-electron chi connectivity index (χ4n) is 0.564. The molecule has 0 unspecified atom stereocenters. The largest absolute Gasteiger partial charge is 0.206 e. The molecule has 0 aliphatic heterocycles. The van der Waals surface area contributed by atoms with Gasteiger partial charge in [0.2, 0.25) is 0 Å². The first-order chi connectivity index (χ1) is 4.33. The average Bonchev–Trinajstić information content (AvgIpc) is 1.88. The van der Waals surface area contributed by atoms with Crippen molar-refractivity contribution in [1.29, 1.82) is 0 Å². The molecule has 0 fully saturated rings. The highest BCUT2D eigenvalue weighted by Gasteiger charge is 1.90. The molecule has 0 spiro atoms. The number of rotatable bonds is 1. The molecule has 0 saturated carbocycles. The van der Waals surface area contributed by atoms with Crippen molar-refractivity contribution in [1.82, 2.24) is 0 Å². The third-order valence-corrected chi connectivity index (χ3v) is 1.29. The molecule has 9 heavy (non-hydrogen) atoms. The number of hydrogen-bond acceptors (Lipinski definition) is 0. The van der Waals surface area contributed by atoms with Crippen molar-refractivity contribution in [3.8, 4) is 0 Å². The van der Waals surface area contributed by atoms with E-state index in [0.717, 1.165) is 5.56 Å². The smallest absolute Gasteiger partial charge is 0.131 e. The van der Waals surface area contributed by atoms with E-state index in [0.29, 0.717) is 5.88 Å². The molecule has 0 aromatic heterocycles. The Morgan fingerprint density at radius 2 is 2.44 bits per heavy atom. The van der Waals surface area contributed by atoms with Crippen LogP contribution in [0.3, 0.4) is 0 Å². The number of benzene rings is 1. The molecule has 0 nitrogen and oxygen atoms in total. The van der Waals surface area contributed by atoms with Gasteiger partial charge in [0.05, 0.1) is 0 Å². The third-order valence-electron chi connectivity index (χ3n) is 0.985. The molecule has 1 aromatic carbocycles. The van der Waals surface area contributed by atoms with Gasteiger partial charge < -0.3 is 0 Å². The van der Waals surface area contributed by atoms with E-state index in [-0.39, 0.29) is 5.82 Å². The maximum Gasteiger partial charge on any atom is 0.131 e. The minimum atomic E-state index is -0.354. The molecule has 2 heteroatoms. The predicted molar refractivity (Wildman–Crippen MR) is 34.8 cm³/mol. The minimum Gasteiger partial charge on any atom is -0.206 e. The lowest BCUT2D eigenvalue weighted by Crippen LogP contribution is -1.78. The van der Waals surface area contributed by atoms with Crippen LogP contribution >= 0.6 is 11.6 Å². The van der Waals surface area contributed by atoms with Gasteiger partial charge in [-0.2, -0.15) is 0 Å². The van der Waals surface area contributed by atoms with Crippen LogP contribution in [0, 0.1) is 11.9 Å². The summed E-state index contributed by atoms with van der Waals surface area (Å²) in [6.45, 7) is 0. The van der Waals surface area contributed by atoms with Crippen LogP contribution in [-0.2, 0) is 5.88 Å². The second kappa shape index (κ2) is 2.83. The first kappa shape index (κ1) is 6.56. The molecular weight excluding hydrogens is 139 g/mol. The van der Waals surface area contributed by atoms with Crippen molar-refractivity contribution in [2.24, 2.45) is 0 Å². The highest BCUT2D eigenvalue weighted by molar-refractivity contribution is 6.17. The van der Waals surface area contributed by atoms with E-state index >= 15 is 0 Å². The summed E-state index contributed by atoms with van der Waals surface area (Å²) in [7, 11) is 0. The zero-order valence-corrected chi connectivity index (χ0v) is 5.45. The van der Waals surface area contributed by atoms with E-state index in [1.54, 1.807) is 6.07 Å². The summed E-state index contributed by atoms with van der Waals surface area (Å²) >= 11 is 5.42. The number of alkyl halides is 1. The summed E-state index contributed by atoms with van der Waals surface area (Å²) in [5, 5.41) is 0. The molecule has 0 saturated heterocycles. The van der Waals surface area contributed by atoms with Gasteiger partial charge in [0.15, 0.2) is 0 Å². The Morgan fingerprint density at radius 3 is 2.89 bits per heavy atom. The van der Waals surface area contributed by atoms with Gasteiger partial charge in [-0.25, -0.2) is 4.39 Å². The SMILES string of the molecule is Fc1[c]ccc(CCl)c1. The second-order valence-corrected chi connectivity index (χ2v) is 1.95. The van der Waals surface area contributed by atoms with Crippen LogP contribution in [0.2, 0.25) is 0 Å². The van der Waals surface area contributed by atoms with Crippen molar-refractivity contribution < 1.29 is 4.39 Å². The zero-order chi connectivity index (χ0) is 6.69. The monoisotopic (exact) mass is 143 g/mol. The minimum absolute atomic E-state index is 0.353. The van der Waals surface area contributed by atoms with Crippen molar-refractivity contribution in [3.63, 3.8) is 0 Å². The highest BCUT2D eigenvalue weighted by atomic mass is 35.5. The highest BCUT2D eigenvalue weighted by Crippen LogP contribution is 2.04. The summed E-state index contributed by atoms with van der Waals surface area (Å²) in [4.78, 5) is 0. The quantitative estimate of drug-likeness (QED) is 0.530. The molecule has 0 N–H and O–H groups in total. The summed E-state index contributed by atoms with van der Waals surface area (Å²) < 4.78 is 12.2. The predicted octanol–water partition coefficient (Wildman–Crippen LogP) is 2.36. The van der Waals surface area contributed by atoms with Gasteiger partial charge in [0.25, 0.3) is 0 Å². The zero-order valence-electron chi connectivity index (χ0n) is 4.70. The van der Waals surface area contributed by atoms with E-state index < -0.39 is 0 Å². The van der Waals surface area contributed by atoms with Crippen molar-refractivity contribution in [3.05, 3.63) is 35.6 Å². The summed E-state index contributed by atoms with van der Waals surface area (Å²) in [6, 6.07) is 7.00. The molecule has 0 heterocycles. The molecular formula is C7H5ClF. The topological polar surface area (TPSA) is 0 Å². The molecule has 1 rings (SSSR count). The molecule has 0 aliphatic rings. The standard InChI is InChI=1S/C7H5ClF/c8-5-6-2-1-3-7(9)4-6/h1-2,4H,5H2. The molecule has 0 atom stereocenters. The van der Waals surface area contributed by atoms with E-state index in [9.17, 15) is 4.39 Å². The van der Waals surface area contributed by atoms with E-state index in [1.807, 2.05) is 0 Å². The molecule has 47 valence electrons. The summed E-state index contributed by atoms with van der Waals surface area (Å²) in [5.41, 5.74) is 0.785. The maximum atomic E-state index is 12.2. The lowest BCUT2D eigenvalue weighted by Gasteiger charge is -1.91. The molecule has 0 amide bonds. The number of halogens is 2. The van der Waals surface area contributed by atoms with Crippen molar-refractivity contribution in [2.45, 2.75) is 5.88 Å². The van der Waals surface area contributed by atoms with Crippen LogP contribution in [0.5, 0.6) is 0 Å². The Kier molecular flexibility index (Phi) is 2.06. The molecule has 0 bridgehead atoms. The van der Waals surface area contributed by atoms with E-state index in [2.05, 4.69) is 6.07 Å². The Labute approximate surface area is 58.3 Å². The molecule has 0 aliphatic carbocycles. The fraction of sp³-hybridized carbons (Fsp3) is 0.143. The van der Waals surface area contributed by atoms with Gasteiger partial charge in [-0.05, 0) is 11.6 Å². The Balaban J connectivity index is 2.94. The number of hydrogen-bond donors (Lipinski definition) is 0. The Morgan fingerprint density at radius 1 is 1.67 bits per heavy atom. The van der Waals surface area contributed by atoms with Crippen LogP contribution in [-0.4, -0.2) is 0 Å². The first-order valence-electron chi connectivity index (χ1n) is 2.55. The summed E-state index contributed by atoms with van der Waals surface area (Å²) in [5.74, 6) is -0.000787. The Hall–Kier alpha value is -0.560. The first-order valence-corrected chi connectivity index (χ1v) is 3.08. The summed E-state index contributed by atoms with van der Waals surface area (Å²) in [6.07, 6.45) is 0. The van der Waals surface area contributed by atoms with Gasteiger partial charge in [0, 0.05) is 11.9 Å². The average molecular weight is 144 g/mol. The lowest BCUT2D eigenvalue weighted by atomic mass is 10.2. The maximum absolute atomic E-state index is 12.2.